The van der Waals surface area contributed by atoms with Crippen molar-refractivity contribution >= 4 is 17.3 Å². The van der Waals surface area contributed by atoms with E-state index >= 15 is 0 Å². The molecule has 0 atom stereocenters. The van der Waals surface area contributed by atoms with Crippen LogP contribution in [0, 0.1) is 0 Å². The van der Waals surface area contributed by atoms with Gasteiger partial charge in [0, 0.05) is 0 Å². The van der Waals surface area contributed by atoms with Gasteiger partial charge in [-0.15, -0.1) is 18.3 Å². The zero-order chi connectivity index (χ0) is 17.9. The van der Waals surface area contributed by atoms with E-state index in [0.29, 0.717) is 4.68 Å². The Morgan fingerprint density at radius 3 is 2.71 bits per heavy atom. The molecule has 0 unspecified atom stereocenters. The molecule has 0 radical (unpaired) electrons. The number of nitrogens with one attached hydrogen (secondary N) is 1. The fourth-order valence-electron chi connectivity index (χ4n) is 1.67. The first-order chi connectivity index (χ1) is 11.2. The van der Waals surface area contributed by atoms with E-state index in [1.165, 1.54) is 6.92 Å². The zero-order valence-electron chi connectivity index (χ0n) is 12.2. The Kier molecular flexibility index (Phi) is 4.92. The first-order valence-electron chi connectivity index (χ1n) is 6.48. The second kappa shape index (κ2) is 6.74. The van der Waals surface area contributed by atoms with Gasteiger partial charge in [-0.05, 0) is 6.92 Å². The highest BCUT2D eigenvalue weighted by molar-refractivity contribution is 5.99. The summed E-state index contributed by atoms with van der Waals surface area (Å²) >= 11 is 0. The van der Waals surface area contributed by atoms with Gasteiger partial charge in [0.25, 0.3) is 5.91 Å². The van der Waals surface area contributed by atoms with Crippen LogP contribution in [0.5, 0.6) is 0 Å². The molecule has 0 aliphatic rings. The Morgan fingerprint density at radius 2 is 2.08 bits per heavy atom. The highest BCUT2D eigenvalue weighted by Gasteiger charge is 2.28. The molecule has 130 valence electrons. The van der Waals surface area contributed by atoms with Crippen LogP contribution >= 0.6 is 0 Å². The summed E-state index contributed by atoms with van der Waals surface area (Å²) in [6, 6.07) is 0. The lowest BCUT2D eigenvalue weighted by atomic mass is 10.4. The number of imidazole rings is 1. The SMILES string of the molecule is CC(=O)CNC(=O)c1ncn2c(=O)n(CCOC(F)(F)F)nnc12. The highest BCUT2D eigenvalue weighted by atomic mass is 19.4. The molecule has 0 saturated heterocycles. The summed E-state index contributed by atoms with van der Waals surface area (Å²) in [4.78, 5) is 38.4. The Balaban J connectivity index is 2.20. The number of ether oxygens (including phenoxy) is 1. The number of carbonyl (C=O) groups is 2. The van der Waals surface area contributed by atoms with Crippen molar-refractivity contribution in [3.63, 3.8) is 0 Å². The molecule has 2 aromatic heterocycles. The van der Waals surface area contributed by atoms with Crippen LogP contribution in [0.2, 0.25) is 0 Å². The average Bonchev–Trinajstić information content (AvgIpc) is 2.90. The molecule has 0 aliphatic carbocycles. The molecule has 13 heteroatoms. The van der Waals surface area contributed by atoms with Crippen LogP contribution in [0.1, 0.15) is 17.4 Å². The maximum absolute atomic E-state index is 12.0. The number of carbonyl (C=O) groups excluding carboxylic acids is 2. The van der Waals surface area contributed by atoms with Crippen molar-refractivity contribution in [1.82, 2.24) is 29.7 Å². The van der Waals surface area contributed by atoms with E-state index < -0.39 is 31.1 Å². The molecule has 0 saturated carbocycles. The van der Waals surface area contributed by atoms with E-state index in [-0.39, 0.29) is 23.7 Å². The first kappa shape index (κ1) is 17.5. The lowest BCUT2D eigenvalue weighted by Crippen LogP contribution is -2.33. The fourth-order valence-corrected chi connectivity index (χ4v) is 1.67. The minimum atomic E-state index is -4.82. The molecule has 2 aromatic rings. The minimum absolute atomic E-state index is 0.186. The molecule has 1 N–H and O–H groups in total. The molecule has 2 heterocycles. The maximum Gasteiger partial charge on any atom is 0.522 e. The number of alkyl halides is 3. The second-order valence-corrected chi connectivity index (χ2v) is 4.56. The van der Waals surface area contributed by atoms with Crippen LogP contribution in [0.3, 0.4) is 0 Å². The van der Waals surface area contributed by atoms with Crippen LogP contribution in [0.15, 0.2) is 11.1 Å². The topological polar surface area (TPSA) is 120 Å². The lowest BCUT2D eigenvalue weighted by Gasteiger charge is -2.07. The molecule has 0 fully saturated rings. The Labute approximate surface area is 131 Å². The Bertz CT molecular complexity index is 827. The molecule has 0 spiro atoms. The van der Waals surface area contributed by atoms with Gasteiger partial charge in [0.15, 0.2) is 11.3 Å². The third-order valence-electron chi connectivity index (χ3n) is 2.70. The molecule has 1 amide bonds. The zero-order valence-corrected chi connectivity index (χ0v) is 12.2. The normalized spacial score (nSPS) is 11.7. The number of fused-ring (bicyclic) bond motifs is 1. The van der Waals surface area contributed by atoms with Gasteiger partial charge in [-0.25, -0.2) is 14.2 Å². The number of halogens is 3. The van der Waals surface area contributed by atoms with Crippen molar-refractivity contribution in [2.75, 3.05) is 13.2 Å². The number of rotatable bonds is 6. The van der Waals surface area contributed by atoms with Gasteiger partial charge in [0.2, 0.25) is 0 Å². The quantitative estimate of drug-likeness (QED) is 0.721. The lowest BCUT2D eigenvalue weighted by molar-refractivity contribution is -0.325. The summed E-state index contributed by atoms with van der Waals surface area (Å²) in [5.41, 5.74) is -1.27. The third kappa shape index (κ3) is 4.13. The van der Waals surface area contributed by atoms with Crippen molar-refractivity contribution in [3.8, 4) is 0 Å². The average molecular weight is 348 g/mol. The van der Waals surface area contributed by atoms with Crippen LogP contribution in [0.25, 0.3) is 5.65 Å². The van der Waals surface area contributed by atoms with E-state index in [4.69, 9.17) is 0 Å². The Hall–Kier alpha value is -2.83. The van der Waals surface area contributed by atoms with Crippen molar-refractivity contribution < 1.29 is 27.5 Å². The predicted octanol–water partition coefficient (Wildman–Crippen LogP) is -0.859. The number of aromatic nitrogens is 5. The largest absolute Gasteiger partial charge is 0.522 e. The number of nitrogens with zero attached hydrogens (tertiary/aromatic N) is 5. The van der Waals surface area contributed by atoms with E-state index in [1.807, 2.05) is 0 Å². The van der Waals surface area contributed by atoms with Crippen molar-refractivity contribution in [3.05, 3.63) is 22.5 Å². The van der Waals surface area contributed by atoms with Crippen LogP contribution in [0.4, 0.5) is 13.2 Å². The van der Waals surface area contributed by atoms with Crippen molar-refractivity contribution in [2.45, 2.75) is 19.8 Å². The number of ketones is 1. The monoisotopic (exact) mass is 348 g/mol. The molecule has 24 heavy (non-hydrogen) atoms. The minimum Gasteiger partial charge on any atom is -0.344 e. The molecule has 10 nitrogen and oxygen atoms in total. The summed E-state index contributed by atoms with van der Waals surface area (Å²) in [6.07, 6.45) is -3.84. The summed E-state index contributed by atoms with van der Waals surface area (Å²) in [5.74, 6) is -1.02. The molecule has 0 aliphatic heterocycles. The molecule has 2 rings (SSSR count). The summed E-state index contributed by atoms with van der Waals surface area (Å²) in [6.45, 7) is -0.278. The van der Waals surface area contributed by atoms with Crippen molar-refractivity contribution in [2.24, 2.45) is 0 Å². The second-order valence-electron chi connectivity index (χ2n) is 4.56. The van der Waals surface area contributed by atoms with Crippen LogP contribution in [-0.2, 0) is 16.1 Å². The standard InChI is InChI=1S/C11H11F3N6O4/c1-6(21)4-15-9(22)7-8-17-18-20(2-3-24-11(12,13)14)10(23)19(8)5-16-7/h5H,2-4H2,1H3,(H,15,22). The summed E-state index contributed by atoms with van der Waals surface area (Å²) in [7, 11) is 0. The number of hydrogen-bond acceptors (Lipinski definition) is 7. The molecular weight excluding hydrogens is 337 g/mol. The van der Waals surface area contributed by atoms with Gasteiger partial charge in [-0.2, -0.15) is 4.68 Å². The number of hydrogen-bond donors (Lipinski definition) is 1. The predicted molar refractivity (Wildman–Crippen MR) is 70.1 cm³/mol. The highest BCUT2D eigenvalue weighted by Crippen LogP contribution is 2.15. The fraction of sp³-hybridized carbons (Fsp3) is 0.455. The summed E-state index contributed by atoms with van der Waals surface area (Å²) in [5, 5.41) is 9.31. The number of amides is 1. The van der Waals surface area contributed by atoms with E-state index in [2.05, 4.69) is 25.3 Å². The smallest absolute Gasteiger partial charge is 0.344 e. The Morgan fingerprint density at radius 1 is 1.38 bits per heavy atom. The van der Waals surface area contributed by atoms with Crippen LogP contribution in [-0.4, -0.2) is 55.6 Å². The molecular formula is C11H11F3N6O4. The van der Waals surface area contributed by atoms with Gasteiger partial charge >= 0.3 is 12.1 Å². The maximum atomic E-state index is 12.0. The van der Waals surface area contributed by atoms with Gasteiger partial charge in [0.1, 0.15) is 12.1 Å². The third-order valence-corrected chi connectivity index (χ3v) is 2.70. The van der Waals surface area contributed by atoms with E-state index in [9.17, 15) is 27.6 Å². The van der Waals surface area contributed by atoms with E-state index in [0.717, 1.165) is 10.7 Å². The van der Waals surface area contributed by atoms with Crippen LogP contribution < -0.4 is 11.0 Å². The van der Waals surface area contributed by atoms with Gasteiger partial charge < -0.3 is 5.32 Å². The molecule has 0 aromatic carbocycles. The van der Waals surface area contributed by atoms with E-state index in [1.54, 1.807) is 0 Å². The van der Waals surface area contributed by atoms with Gasteiger partial charge in [-0.3, -0.25) is 14.3 Å². The van der Waals surface area contributed by atoms with Gasteiger partial charge in [-0.1, -0.05) is 5.21 Å². The van der Waals surface area contributed by atoms with Crippen molar-refractivity contribution in [1.29, 1.82) is 0 Å². The first-order valence-corrected chi connectivity index (χ1v) is 6.48. The summed E-state index contributed by atoms with van der Waals surface area (Å²) < 4.78 is 40.7. The van der Waals surface area contributed by atoms with Gasteiger partial charge in [0.05, 0.1) is 19.7 Å². The molecule has 0 bridgehead atoms. The number of Topliss-reactive ketones (excluding diaryl/α,β-unsaturated/α-hetero) is 1.